The van der Waals surface area contributed by atoms with E-state index in [9.17, 15) is 18.4 Å². The number of allylic oxidation sites excluding steroid dienone is 1. The van der Waals surface area contributed by atoms with E-state index in [1.807, 2.05) is 6.92 Å². The fraction of sp³-hybridized carbons (Fsp3) is 0.474. The number of hydrogen-bond donors (Lipinski definition) is 1. The van der Waals surface area contributed by atoms with Crippen molar-refractivity contribution in [2.24, 2.45) is 0 Å². The van der Waals surface area contributed by atoms with Crippen LogP contribution in [0, 0.1) is 0 Å². The van der Waals surface area contributed by atoms with Crippen molar-refractivity contribution in [2.45, 2.75) is 32.9 Å². The third-order valence-corrected chi connectivity index (χ3v) is 4.23. The maximum atomic E-state index is 12.8. The summed E-state index contributed by atoms with van der Waals surface area (Å²) in [5.74, 6) is -0.783. The van der Waals surface area contributed by atoms with Crippen LogP contribution >= 0.6 is 0 Å². The van der Waals surface area contributed by atoms with E-state index in [2.05, 4.69) is 10.1 Å². The lowest BCUT2D eigenvalue weighted by Crippen LogP contribution is -2.48. The second-order valence-electron chi connectivity index (χ2n) is 6.08. The summed E-state index contributed by atoms with van der Waals surface area (Å²) in [6.45, 7) is 1.11. The average Bonchev–Trinajstić information content (AvgIpc) is 2.64. The number of benzene rings is 1. The van der Waals surface area contributed by atoms with Crippen LogP contribution in [0.2, 0.25) is 0 Å². The van der Waals surface area contributed by atoms with Crippen LogP contribution in [0.1, 0.15) is 31.9 Å². The number of nitrogens with one attached hydrogen (secondary N) is 1. The van der Waals surface area contributed by atoms with Gasteiger partial charge in [0.05, 0.1) is 18.2 Å². The third-order valence-electron chi connectivity index (χ3n) is 4.23. The Morgan fingerprint density at radius 1 is 1.29 bits per heavy atom. The lowest BCUT2D eigenvalue weighted by Gasteiger charge is -2.35. The van der Waals surface area contributed by atoms with Crippen LogP contribution in [-0.2, 0) is 14.3 Å². The number of alkyl halides is 2. The summed E-state index contributed by atoms with van der Waals surface area (Å²) >= 11 is 0. The smallest absolute Gasteiger partial charge is 0.387 e. The number of amides is 2. The molecule has 0 saturated carbocycles. The molecule has 1 heterocycles. The number of rotatable bonds is 9. The molecule has 1 aliphatic heterocycles. The van der Waals surface area contributed by atoms with Crippen LogP contribution in [0.5, 0.6) is 5.75 Å². The Bertz CT molecular complexity index is 739. The summed E-state index contributed by atoms with van der Waals surface area (Å²) < 4.78 is 40.3. The minimum atomic E-state index is -3.04. The molecule has 0 aliphatic carbocycles. The number of ether oxygens (including phenoxy) is 3. The van der Waals surface area contributed by atoms with Gasteiger partial charge in [-0.3, -0.25) is 4.90 Å². The topological polar surface area (TPSA) is 77.1 Å². The molecule has 0 spiro atoms. The molecule has 1 N–H and O–H groups in total. The summed E-state index contributed by atoms with van der Waals surface area (Å²) in [7, 11) is 1.48. The second-order valence-corrected chi connectivity index (χ2v) is 6.08. The number of urea groups is 1. The molecule has 9 heteroatoms. The maximum Gasteiger partial charge on any atom is 0.387 e. The van der Waals surface area contributed by atoms with E-state index >= 15 is 0 Å². The molecule has 28 heavy (non-hydrogen) atoms. The van der Waals surface area contributed by atoms with Crippen LogP contribution in [-0.4, -0.2) is 50.4 Å². The van der Waals surface area contributed by atoms with Gasteiger partial charge in [-0.15, -0.1) is 0 Å². The number of halogens is 2. The summed E-state index contributed by atoms with van der Waals surface area (Å²) in [4.78, 5) is 26.7. The summed E-state index contributed by atoms with van der Waals surface area (Å²) in [6.07, 6.45) is 0.673. The molecule has 1 atom stereocenters. The highest BCUT2D eigenvalue weighted by molar-refractivity contribution is 5.95. The lowest BCUT2D eigenvalue weighted by atomic mass is 9.94. The molecule has 0 saturated heterocycles. The Labute approximate surface area is 162 Å². The summed E-state index contributed by atoms with van der Waals surface area (Å²) in [5.41, 5.74) is 0.810. The molecule has 1 unspecified atom stereocenters. The number of hydrogen-bond acceptors (Lipinski definition) is 5. The molecule has 2 amide bonds. The first-order valence-electron chi connectivity index (χ1n) is 8.89. The third kappa shape index (κ3) is 4.98. The van der Waals surface area contributed by atoms with Crippen molar-refractivity contribution in [2.75, 3.05) is 26.9 Å². The maximum absolute atomic E-state index is 12.8. The van der Waals surface area contributed by atoms with Crippen molar-refractivity contribution >= 4 is 12.0 Å². The van der Waals surface area contributed by atoms with Gasteiger partial charge in [-0.25, -0.2) is 9.59 Å². The molecule has 0 aromatic heterocycles. The van der Waals surface area contributed by atoms with Crippen molar-refractivity contribution in [3.05, 3.63) is 41.1 Å². The predicted molar refractivity (Wildman–Crippen MR) is 96.9 cm³/mol. The van der Waals surface area contributed by atoms with Crippen LogP contribution in [0.3, 0.4) is 0 Å². The fourth-order valence-electron chi connectivity index (χ4n) is 2.99. The Kier molecular flexibility index (Phi) is 7.74. The number of para-hydroxylation sites is 1. The van der Waals surface area contributed by atoms with Gasteiger partial charge < -0.3 is 19.5 Å². The van der Waals surface area contributed by atoms with Crippen LogP contribution in [0.15, 0.2) is 35.5 Å². The molecule has 7 nitrogen and oxygen atoms in total. The molecule has 1 aliphatic rings. The van der Waals surface area contributed by atoms with Gasteiger partial charge in [-0.1, -0.05) is 25.1 Å². The van der Waals surface area contributed by atoms with E-state index in [1.165, 1.54) is 30.2 Å². The van der Waals surface area contributed by atoms with Gasteiger partial charge in [0.15, 0.2) is 0 Å². The fourth-order valence-corrected chi connectivity index (χ4v) is 2.99. The average molecular weight is 398 g/mol. The van der Waals surface area contributed by atoms with Crippen molar-refractivity contribution < 1.29 is 32.6 Å². The predicted octanol–water partition coefficient (Wildman–Crippen LogP) is 3.23. The quantitative estimate of drug-likeness (QED) is 0.511. The van der Waals surface area contributed by atoms with Gasteiger partial charge in [0.2, 0.25) is 0 Å². The minimum absolute atomic E-state index is 0.0236. The molecule has 2 rings (SSSR count). The molecule has 0 radical (unpaired) electrons. The largest absolute Gasteiger partial charge is 0.460 e. The van der Waals surface area contributed by atoms with E-state index in [4.69, 9.17) is 9.47 Å². The zero-order valence-electron chi connectivity index (χ0n) is 16.0. The van der Waals surface area contributed by atoms with Crippen LogP contribution in [0.25, 0.3) is 0 Å². The van der Waals surface area contributed by atoms with Crippen molar-refractivity contribution in [3.63, 3.8) is 0 Å². The highest BCUT2D eigenvalue weighted by Gasteiger charge is 2.37. The van der Waals surface area contributed by atoms with E-state index in [1.54, 1.807) is 13.0 Å². The summed E-state index contributed by atoms with van der Waals surface area (Å²) in [6, 6.07) is 4.61. The Morgan fingerprint density at radius 3 is 2.64 bits per heavy atom. The number of nitrogens with zero attached hydrogens (tertiary/aromatic N) is 1. The van der Waals surface area contributed by atoms with E-state index in [0.29, 0.717) is 18.7 Å². The zero-order chi connectivity index (χ0) is 20.7. The Balaban J connectivity index is 2.49. The molecule has 0 bridgehead atoms. The highest BCUT2D eigenvalue weighted by atomic mass is 19.3. The van der Waals surface area contributed by atoms with Crippen molar-refractivity contribution in [1.82, 2.24) is 10.2 Å². The van der Waals surface area contributed by atoms with Gasteiger partial charge in [-0.2, -0.15) is 8.78 Å². The molecular formula is C19H24F2N2O5. The molecule has 1 aromatic carbocycles. The van der Waals surface area contributed by atoms with Crippen molar-refractivity contribution in [3.8, 4) is 5.75 Å². The van der Waals surface area contributed by atoms with Gasteiger partial charge in [0, 0.05) is 24.9 Å². The lowest BCUT2D eigenvalue weighted by molar-refractivity contribution is -0.140. The molecular weight excluding hydrogens is 374 g/mol. The molecule has 154 valence electrons. The number of methoxy groups -OCH3 is 1. The van der Waals surface area contributed by atoms with Gasteiger partial charge in [-0.05, 0) is 19.4 Å². The monoisotopic (exact) mass is 398 g/mol. The second kappa shape index (κ2) is 10.0. The number of carbonyl (C=O) groups is 2. The van der Waals surface area contributed by atoms with E-state index in [-0.39, 0.29) is 30.1 Å². The zero-order valence-corrected chi connectivity index (χ0v) is 16.0. The standard InChI is InChI=1S/C19H24F2N2O5/c1-4-9-23-12(2)15(17(24)27-11-10-26-3)16(22-19(23)25)13-7-5-6-8-14(13)28-18(20)21/h5-8,16,18H,4,9-11H2,1-3H3,(H,22,25). The Morgan fingerprint density at radius 2 is 2.00 bits per heavy atom. The van der Waals surface area contributed by atoms with Gasteiger partial charge in [0.25, 0.3) is 0 Å². The first-order chi connectivity index (χ1) is 13.4. The Hall–Kier alpha value is -2.68. The highest BCUT2D eigenvalue weighted by Crippen LogP contribution is 2.36. The SMILES string of the molecule is CCCN1C(=O)NC(c2ccccc2OC(F)F)C(C(=O)OCCOC)=C1C. The van der Waals surface area contributed by atoms with Crippen LogP contribution in [0.4, 0.5) is 13.6 Å². The summed E-state index contributed by atoms with van der Waals surface area (Å²) in [5, 5.41) is 2.71. The van der Waals surface area contributed by atoms with Crippen LogP contribution < -0.4 is 10.1 Å². The van der Waals surface area contributed by atoms with E-state index < -0.39 is 24.7 Å². The molecule has 1 aromatic rings. The van der Waals surface area contributed by atoms with Crippen molar-refractivity contribution in [1.29, 1.82) is 0 Å². The molecule has 0 fully saturated rings. The first kappa shape index (κ1) is 21.6. The van der Waals surface area contributed by atoms with Gasteiger partial charge in [0.1, 0.15) is 12.4 Å². The van der Waals surface area contributed by atoms with E-state index in [0.717, 1.165) is 0 Å². The van der Waals surface area contributed by atoms with Gasteiger partial charge >= 0.3 is 18.6 Å². The normalized spacial score (nSPS) is 17.0. The minimum Gasteiger partial charge on any atom is -0.460 e. The number of carbonyl (C=O) groups excluding carboxylic acids is 2. The number of esters is 1. The first-order valence-corrected chi connectivity index (χ1v) is 8.89.